The van der Waals surface area contributed by atoms with Crippen molar-refractivity contribution in [3.8, 4) is 0 Å². The molecule has 1 fully saturated rings. The fourth-order valence-corrected chi connectivity index (χ4v) is 2.20. The van der Waals surface area contributed by atoms with Crippen LogP contribution in [0.3, 0.4) is 0 Å². The Kier molecular flexibility index (Phi) is 3.50. The lowest BCUT2D eigenvalue weighted by molar-refractivity contribution is 0.0770. The second-order valence-corrected chi connectivity index (χ2v) is 4.68. The molecule has 98 valence electrons. The quantitative estimate of drug-likeness (QED) is 0.880. The first-order valence-corrected chi connectivity index (χ1v) is 6.51. The predicted octanol–water partition coefficient (Wildman–Crippen LogP) is 1.73. The van der Waals surface area contributed by atoms with Crippen molar-refractivity contribution in [2.45, 2.75) is 39.5 Å². The number of nitrogen functional groups attached to an aromatic ring is 1. The molecule has 1 amide bonds. The van der Waals surface area contributed by atoms with Gasteiger partial charge in [0.2, 0.25) is 5.95 Å². The fourth-order valence-electron chi connectivity index (χ4n) is 2.20. The van der Waals surface area contributed by atoms with E-state index in [0.717, 1.165) is 18.5 Å². The van der Waals surface area contributed by atoms with Crippen LogP contribution in [0.1, 0.15) is 54.4 Å². The molecule has 18 heavy (non-hydrogen) atoms. The van der Waals surface area contributed by atoms with Crippen LogP contribution >= 0.6 is 0 Å². The van der Waals surface area contributed by atoms with E-state index >= 15 is 0 Å². The van der Waals surface area contributed by atoms with E-state index in [9.17, 15) is 4.79 Å². The largest absolute Gasteiger partial charge is 0.368 e. The van der Waals surface area contributed by atoms with E-state index < -0.39 is 0 Å². The molecule has 2 N–H and O–H groups in total. The molecule has 0 spiro atoms. The molecule has 0 saturated heterocycles. The lowest BCUT2D eigenvalue weighted by Gasteiger charge is -2.21. The number of carbonyl (C=O) groups is 1. The third kappa shape index (κ3) is 2.30. The number of anilines is 1. The topological polar surface area (TPSA) is 72.1 Å². The molecule has 1 aliphatic rings. The van der Waals surface area contributed by atoms with Crippen molar-refractivity contribution in [2.75, 3.05) is 18.8 Å². The lowest BCUT2D eigenvalue weighted by Crippen LogP contribution is -2.32. The Labute approximate surface area is 107 Å². The van der Waals surface area contributed by atoms with Crippen LogP contribution in [0.2, 0.25) is 0 Å². The number of nitrogens with two attached hydrogens (primary N) is 1. The average molecular weight is 248 g/mol. The van der Waals surface area contributed by atoms with E-state index in [0.29, 0.717) is 30.3 Å². The van der Waals surface area contributed by atoms with Crippen molar-refractivity contribution < 1.29 is 4.79 Å². The first-order valence-electron chi connectivity index (χ1n) is 6.51. The number of hydrogen-bond acceptors (Lipinski definition) is 4. The van der Waals surface area contributed by atoms with Gasteiger partial charge in [-0.25, -0.2) is 9.97 Å². The van der Waals surface area contributed by atoms with Gasteiger partial charge in [0.05, 0.1) is 17.0 Å². The maximum atomic E-state index is 12.5. The summed E-state index contributed by atoms with van der Waals surface area (Å²) < 4.78 is 0. The zero-order valence-corrected chi connectivity index (χ0v) is 11.2. The van der Waals surface area contributed by atoms with Crippen molar-refractivity contribution in [3.63, 3.8) is 0 Å². The summed E-state index contributed by atoms with van der Waals surface area (Å²) in [6, 6.07) is 0. The highest BCUT2D eigenvalue weighted by atomic mass is 16.2. The Hall–Kier alpha value is -1.65. The molecule has 2 rings (SSSR count). The number of rotatable bonds is 4. The Morgan fingerprint density at radius 3 is 2.44 bits per heavy atom. The molecule has 0 atom stereocenters. The highest BCUT2D eigenvalue weighted by Crippen LogP contribution is 2.41. The van der Waals surface area contributed by atoms with E-state index in [-0.39, 0.29) is 11.9 Å². The van der Waals surface area contributed by atoms with E-state index in [2.05, 4.69) is 9.97 Å². The molecule has 0 unspecified atom stereocenters. The van der Waals surface area contributed by atoms with Gasteiger partial charge in [-0.1, -0.05) is 0 Å². The first-order chi connectivity index (χ1) is 8.58. The molecule has 0 bridgehead atoms. The van der Waals surface area contributed by atoms with Crippen LogP contribution in [0.4, 0.5) is 5.95 Å². The van der Waals surface area contributed by atoms with Gasteiger partial charge in [0, 0.05) is 19.0 Å². The van der Waals surface area contributed by atoms with Crippen LogP contribution in [0.5, 0.6) is 0 Å². The highest BCUT2D eigenvalue weighted by molar-refractivity contribution is 5.96. The molecule has 0 aliphatic heterocycles. The maximum absolute atomic E-state index is 12.5. The Morgan fingerprint density at radius 1 is 1.33 bits per heavy atom. The molecule has 1 saturated carbocycles. The van der Waals surface area contributed by atoms with Gasteiger partial charge in [-0.3, -0.25) is 4.79 Å². The van der Waals surface area contributed by atoms with Crippen LogP contribution < -0.4 is 5.73 Å². The third-order valence-corrected chi connectivity index (χ3v) is 3.36. The molecule has 1 aromatic heterocycles. The summed E-state index contributed by atoms with van der Waals surface area (Å²) in [5.41, 5.74) is 7.89. The molecule has 1 heterocycles. The SMILES string of the molecule is CCN(CC)C(=O)c1c(C)nc(N)nc1C1CC1. The number of carbonyl (C=O) groups excluding carboxylic acids is 1. The van der Waals surface area contributed by atoms with Crippen LogP contribution in [0.15, 0.2) is 0 Å². The van der Waals surface area contributed by atoms with Gasteiger partial charge in [0.25, 0.3) is 5.91 Å². The summed E-state index contributed by atoms with van der Waals surface area (Å²) in [5.74, 6) is 0.688. The molecule has 1 aliphatic carbocycles. The Balaban J connectivity index is 2.45. The minimum absolute atomic E-state index is 0.0272. The number of amides is 1. The number of aryl methyl sites for hydroxylation is 1. The van der Waals surface area contributed by atoms with Gasteiger partial charge >= 0.3 is 0 Å². The van der Waals surface area contributed by atoms with Gasteiger partial charge in [-0.15, -0.1) is 0 Å². The van der Waals surface area contributed by atoms with Gasteiger partial charge < -0.3 is 10.6 Å². The van der Waals surface area contributed by atoms with E-state index in [1.807, 2.05) is 20.8 Å². The van der Waals surface area contributed by atoms with E-state index in [1.165, 1.54) is 0 Å². The summed E-state index contributed by atoms with van der Waals surface area (Å²) in [5, 5.41) is 0. The maximum Gasteiger partial charge on any atom is 0.257 e. The van der Waals surface area contributed by atoms with Crippen LogP contribution in [0, 0.1) is 6.92 Å². The number of nitrogens with zero attached hydrogens (tertiary/aromatic N) is 3. The summed E-state index contributed by atoms with van der Waals surface area (Å²) >= 11 is 0. The second-order valence-electron chi connectivity index (χ2n) is 4.68. The predicted molar refractivity (Wildman–Crippen MR) is 70.4 cm³/mol. The summed E-state index contributed by atoms with van der Waals surface area (Å²) in [6.45, 7) is 7.19. The molecule has 0 radical (unpaired) electrons. The van der Waals surface area contributed by atoms with Crippen LogP contribution in [-0.2, 0) is 0 Å². The minimum atomic E-state index is 0.0272. The van der Waals surface area contributed by atoms with Crippen molar-refractivity contribution in [1.82, 2.24) is 14.9 Å². The summed E-state index contributed by atoms with van der Waals surface area (Å²) in [6.07, 6.45) is 2.18. The number of aromatic nitrogens is 2. The fraction of sp³-hybridized carbons (Fsp3) is 0.615. The van der Waals surface area contributed by atoms with E-state index in [1.54, 1.807) is 4.90 Å². The van der Waals surface area contributed by atoms with Gasteiger partial charge in [0.15, 0.2) is 0 Å². The Morgan fingerprint density at radius 2 is 1.94 bits per heavy atom. The normalized spacial score (nSPS) is 14.6. The molecule has 1 aromatic rings. The van der Waals surface area contributed by atoms with Crippen LogP contribution in [0.25, 0.3) is 0 Å². The van der Waals surface area contributed by atoms with Gasteiger partial charge in [-0.2, -0.15) is 0 Å². The van der Waals surface area contributed by atoms with Crippen molar-refractivity contribution in [1.29, 1.82) is 0 Å². The molecular formula is C13H20N4O. The minimum Gasteiger partial charge on any atom is -0.368 e. The Bertz CT molecular complexity index is 464. The molecular weight excluding hydrogens is 228 g/mol. The average Bonchev–Trinajstić information content (AvgIpc) is 3.13. The summed E-state index contributed by atoms with van der Waals surface area (Å²) in [4.78, 5) is 22.7. The van der Waals surface area contributed by atoms with Gasteiger partial charge in [-0.05, 0) is 33.6 Å². The van der Waals surface area contributed by atoms with Crippen molar-refractivity contribution in [2.24, 2.45) is 0 Å². The summed E-state index contributed by atoms with van der Waals surface area (Å²) in [7, 11) is 0. The zero-order valence-electron chi connectivity index (χ0n) is 11.2. The van der Waals surface area contributed by atoms with Gasteiger partial charge in [0.1, 0.15) is 0 Å². The molecule has 0 aromatic carbocycles. The number of hydrogen-bond donors (Lipinski definition) is 1. The van der Waals surface area contributed by atoms with Crippen molar-refractivity contribution in [3.05, 3.63) is 17.0 Å². The highest BCUT2D eigenvalue weighted by Gasteiger charge is 2.32. The lowest BCUT2D eigenvalue weighted by atomic mass is 10.1. The smallest absolute Gasteiger partial charge is 0.257 e. The molecule has 5 nitrogen and oxygen atoms in total. The van der Waals surface area contributed by atoms with E-state index in [4.69, 9.17) is 5.73 Å². The van der Waals surface area contributed by atoms with Crippen LogP contribution in [-0.4, -0.2) is 33.9 Å². The van der Waals surface area contributed by atoms with Crippen molar-refractivity contribution >= 4 is 11.9 Å². The first kappa shape index (κ1) is 12.8. The second kappa shape index (κ2) is 4.92. The third-order valence-electron chi connectivity index (χ3n) is 3.36. The molecule has 5 heteroatoms. The standard InChI is InChI=1S/C13H20N4O/c1-4-17(5-2)12(18)10-8(3)15-13(14)16-11(10)9-6-7-9/h9H,4-7H2,1-3H3,(H2,14,15,16). The zero-order chi connectivity index (χ0) is 13.3. The monoisotopic (exact) mass is 248 g/mol.